The predicted octanol–water partition coefficient (Wildman–Crippen LogP) is 5.95. The van der Waals surface area contributed by atoms with Crippen LogP contribution in [0.5, 0.6) is 0 Å². The fraction of sp³-hybridized carbons (Fsp3) is 0.269. The van der Waals surface area contributed by atoms with E-state index < -0.39 is 6.04 Å². The highest BCUT2D eigenvalue weighted by molar-refractivity contribution is 7.17. The van der Waals surface area contributed by atoms with E-state index in [1.54, 1.807) is 0 Å². The smallest absolute Gasteiger partial charge is 0.263 e. The maximum atomic E-state index is 13.6. The average Bonchev–Trinajstić information content (AvgIpc) is 3.16. The van der Waals surface area contributed by atoms with Gasteiger partial charge in [-0.1, -0.05) is 31.2 Å². The summed E-state index contributed by atoms with van der Waals surface area (Å²) in [5, 5.41) is 5.52. The molecule has 0 bridgehead atoms. The Bertz CT molecular complexity index is 1360. The van der Waals surface area contributed by atoms with Gasteiger partial charge in [-0.2, -0.15) is 0 Å². The number of fused-ring (bicyclic) bond motifs is 1. The minimum Gasteiger partial charge on any atom is -0.324 e. The molecule has 4 aromatic rings. The van der Waals surface area contributed by atoms with Crippen LogP contribution >= 0.6 is 11.3 Å². The largest absolute Gasteiger partial charge is 0.324 e. The molecule has 6 heteroatoms. The van der Waals surface area contributed by atoms with Crippen LogP contribution in [0.2, 0.25) is 0 Å². The van der Waals surface area contributed by atoms with Crippen LogP contribution in [0.3, 0.4) is 0 Å². The van der Waals surface area contributed by atoms with Crippen molar-refractivity contribution in [3.8, 4) is 11.1 Å². The molecular formula is C26H27N3O2S. The number of amides is 1. The lowest BCUT2D eigenvalue weighted by Crippen LogP contribution is -2.33. The molecule has 2 heterocycles. The van der Waals surface area contributed by atoms with Crippen molar-refractivity contribution in [2.45, 2.75) is 47.1 Å². The van der Waals surface area contributed by atoms with Crippen LogP contribution in [0.15, 0.2) is 52.9 Å². The molecule has 1 N–H and O–H groups in total. The van der Waals surface area contributed by atoms with Crippen LogP contribution in [0.25, 0.3) is 21.3 Å². The van der Waals surface area contributed by atoms with Gasteiger partial charge in [-0.15, -0.1) is 11.3 Å². The molecule has 0 aliphatic carbocycles. The van der Waals surface area contributed by atoms with E-state index in [0.29, 0.717) is 16.6 Å². The van der Waals surface area contributed by atoms with E-state index >= 15 is 0 Å². The van der Waals surface area contributed by atoms with E-state index in [0.717, 1.165) is 27.9 Å². The van der Waals surface area contributed by atoms with Gasteiger partial charge in [-0.3, -0.25) is 14.2 Å². The molecule has 2 aromatic heterocycles. The van der Waals surface area contributed by atoms with Crippen molar-refractivity contribution in [1.29, 1.82) is 0 Å². The van der Waals surface area contributed by atoms with E-state index in [4.69, 9.17) is 0 Å². The van der Waals surface area contributed by atoms with Crippen LogP contribution in [0, 0.1) is 27.7 Å². The van der Waals surface area contributed by atoms with Crippen molar-refractivity contribution >= 4 is 33.1 Å². The number of anilines is 1. The van der Waals surface area contributed by atoms with Crippen molar-refractivity contribution in [1.82, 2.24) is 9.55 Å². The summed E-state index contributed by atoms with van der Waals surface area (Å²) in [6, 6.07) is 11.5. The van der Waals surface area contributed by atoms with Crippen LogP contribution in [-0.2, 0) is 4.79 Å². The molecule has 0 radical (unpaired) electrons. The Labute approximate surface area is 191 Å². The fourth-order valence-corrected chi connectivity index (χ4v) is 4.98. The number of carbonyl (C=O) groups is 1. The summed E-state index contributed by atoms with van der Waals surface area (Å²) in [6.07, 6.45) is 1.98. The zero-order chi connectivity index (χ0) is 23.0. The zero-order valence-corrected chi connectivity index (χ0v) is 19.8. The van der Waals surface area contributed by atoms with Crippen LogP contribution in [0.1, 0.15) is 41.6 Å². The van der Waals surface area contributed by atoms with E-state index in [9.17, 15) is 9.59 Å². The Morgan fingerprint density at radius 3 is 2.44 bits per heavy atom. The van der Waals surface area contributed by atoms with Gasteiger partial charge in [-0.25, -0.2) is 4.98 Å². The predicted molar refractivity (Wildman–Crippen MR) is 133 cm³/mol. The van der Waals surface area contributed by atoms with E-state index in [1.807, 2.05) is 44.4 Å². The second-order valence-electron chi connectivity index (χ2n) is 8.38. The number of nitrogens with zero attached hydrogens (tertiary/aromatic N) is 2. The quantitative estimate of drug-likeness (QED) is 0.413. The van der Waals surface area contributed by atoms with Gasteiger partial charge in [0.25, 0.3) is 5.56 Å². The van der Waals surface area contributed by atoms with Gasteiger partial charge in [0.15, 0.2) is 0 Å². The SMILES string of the molecule is CCC(C(=O)Nc1cc(C)cc(C)c1)n1cnc2scc(-c3ccc(C)c(C)c3)c2c1=O. The summed E-state index contributed by atoms with van der Waals surface area (Å²) in [5.41, 5.74) is 6.93. The number of thiophene rings is 1. The van der Waals surface area contributed by atoms with Crippen molar-refractivity contribution in [2.75, 3.05) is 5.32 Å². The fourth-order valence-electron chi connectivity index (χ4n) is 4.07. The lowest BCUT2D eigenvalue weighted by Gasteiger charge is -2.18. The molecule has 164 valence electrons. The first kappa shape index (κ1) is 22.0. The number of hydrogen-bond acceptors (Lipinski definition) is 4. The minimum atomic E-state index is -0.646. The Balaban J connectivity index is 1.75. The van der Waals surface area contributed by atoms with Crippen molar-refractivity contribution in [2.24, 2.45) is 0 Å². The molecule has 2 aromatic carbocycles. The highest BCUT2D eigenvalue weighted by atomic mass is 32.1. The maximum Gasteiger partial charge on any atom is 0.263 e. The number of aromatic nitrogens is 2. The van der Waals surface area contributed by atoms with Crippen molar-refractivity contribution < 1.29 is 4.79 Å². The Hall–Kier alpha value is -3.25. The molecule has 1 atom stereocenters. The second kappa shape index (κ2) is 8.71. The number of hydrogen-bond donors (Lipinski definition) is 1. The number of carbonyl (C=O) groups excluding carboxylic acids is 1. The molecule has 1 unspecified atom stereocenters. The first-order valence-electron chi connectivity index (χ1n) is 10.7. The molecule has 0 spiro atoms. The van der Waals surface area contributed by atoms with Gasteiger partial charge in [0.1, 0.15) is 10.9 Å². The van der Waals surface area contributed by atoms with Gasteiger partial charge in [-0.05, 0) is 74.1 Å². The third-order valence-corrected chi connectivity index (χ3v) is 6.74. The standard InChI is InChI=1S/C26H27N3O2S/c1-6-22(24(30)28-20-10-15(2)9-16(3)11-20)29-14-27-25-23(26(29)31)21(13-32-25)19-8-7-17(4)18(5)12-19/h7-14,22H,6H2,1-5H3,(H,28,30). The molecule has 0 saturated carbocycles. The summed E-state index contributed by atoms with van der Waals surface area (Å²) in [5.74, 6) is -0.219. The summed E-state index contributed by atoms with van der Waals surface area (Å²) < 4.78 is 1.47. The molecule has 0 fully saturated rings. The van der Waals surface area contributed by atoms with Crippen molar-refractivity contribution in [3.05, 3.63) is 80.7 Å². The van der Waals surface area contributed by atoms with Crippen molar-refractivity contribution in [3.63, 3.8) is 0 Å². The molecule has 32 heavy (non-hydrogen) atoms. The molecule has 0 aliphatic rings. The zero-order valence-electron chi connectivity index (χ0n) is 19.0. The average molecular weight is 446 g/mol. The number of benzene rings is 2. The maximum absolute atomic E-state index is 13.6. The summed E-state index contributed by atoms with van der Waals surface area (Å²) >= 11 is 1.45. The van der Waals surface area contributed by atoms with Gasteiger partial charge in [0.05, 0.1) is 11.7 Å². The Morgan fingerprint density at radius 1 is 1.06 bits per heavy atom. The van der Waals surface area contributed by atoms with Gasteiger partial charge in [0.2, 0.25) is 5.91 Å². The van der Waals surface area contributed by atoms with Gasteiger partial charge in [0, 0.05) is 16.6 Å². The number of aryl methyl sites for hydroxylation is 4. The second-order valence-corrected chi connectivity index (χ2v) is 9.23. The van der Waals surface area contributed by atoms with Gasteiger partial charge >= 0.3 is 0 Å². The Kier molecular flexibility index (Phi) is 5.98. The summed E-state index contributed by atoms with van der Waals surface area (Å²) in [7, 11) is 0. The number of nitrogens with one attached hydrogen (secondary N) is 1. The molecular weight excluding hydrogens is 418 g/mol. The minimum absolute atomic E-state index is 0.188. The van der Waals surface area contributed by atoms with Crippen LogP contribution < -0.4 is 10.9 Å². The number of rotatable bonds is 5. The molecule has 1 amide bonds. The first-order chi connectivity index (χ1) is 15.3. The highest BCUT2D eigenvalue weighted by Crippen LogP contribution is 2.32. The summed E-state index contributed by atoms with van der Waals surface area (Å²) in [4.78, 5) is 31.9. The lowest BCUT2D eigenvalue weighted by molar-refractivity contribution is -0.119. The lowest BCUT2D eigenvalue weighted by atomic mass is 10.0. The molecule has 4 rings (SSSR count). The topological polar surface area (TPSA) is 64.0 Å². The van der Waals surface area contributed by atoms with Gasteiger partial charge < -0.3 is 5.32 Å². The van der Waals surface area contributed by atoms with E-state index in [-0.39, 0.29) is 11.5 Å². The third kappa shape index (κ3) is 4.10. The molecule has 0 aliphatic heterocycles. The normalized spacial score (nSPS) is 12.2. The third-order valence-electron chi connectivity index (χ3n) is 5.85. The highest BCUT2D eigenvalue weighted by Gasteiger charge is 2.23. The molecule has 5 nitrogen and oxygen atoms in total. The monoisotopic (exact) mass is 445 g/mol. The first-order valence-corrected chi connectivity index (χ1v) is 11.6. The summed E-state index contributed by atoms with van der Waals surface area (Å²) in [6.45, 7) is 10.0. The van der Waals surface area contributed by atoms with E-state index in [1.165, 1.54) is 33.4 Å². The Morgan fingerprint density at radius 2 is 1.78 bits per heavy atom. The molecule has 0 saturated heterocycles. The van der Waals surface area contributed by atoms with Crippen LogP contribution in [-0.4, -0.2) is 15.5 Å². The van der Waals surface area contributed by atoms with E-state index in [2.05, 4.69) is 42.3 Å². The van der Waals surface area contributed by atoms with Crippen LogP contribution in [0.4, 0.5) is 5.69 Å².